The Morgan fingerprint density at radius 3 is 2.07 bits per heavy atom. The van der Waals surface area contributed by atoms with Gasteiger partial charge >= 0.3 is 8.80 Å². The van der Waals surface area contributed by atoms with E-state index in [1.165, 1.54) is 0 Å². The summed E-state index contributed by atoms with van der Waals surface area (Å²) < 4.78 is 21.8. The summed E-state index contributed by atoms with van der Waals surface area (Å²) in [6.45, 7) is 6.19. The minimum Gasteiger partial charge on any atom is -0.375 e. The highest BCUT2D eigenvalue weighted by atomic mass is 28.4. The van der Waals surface area contributed by atoms with Crippen LogP contribution in [0.1, 0.15) is 19.8 Å². The number of hydrogen-bond acceptors (Lipinski definition) is 4. The van der Waals surface area contributed by atoms with Crippen LogP contribution in [0.15, 0.2) is 12.7 Å². The van der Waals surface area contributed by atoms with E-state index < -0.39 is 8.80 Å². The lowest BCUT2D eigenvalue weighted by molar-refractivity contribution is 0.0196. The molecule has 0 aromatic heterocycles. The molecule has 90 valence electrons. The molecule has 1 unspecified atom stereocenters. The third-order valence-corrected chi connectivity index (χ3v) is 5.17. The molecule has 0 saturated heterocycles. The van der Waals surface area contributed by atoms with Crippen molar-refractivity contribution in [3.63, 3.8) is 0 Å². The first-order valence-corrected chi connectivity index (χ1v) is 6.88. The molecule has 0 bridgehead atoms. The van der Waals surface area contributed by atoms with E-state index in [1.807, 2.05) is 0 Å². The van der Waals surface area contributed by atoms with Crippen molar-refractivity contribution in [3.8, 4) is 0 Å². The van der Waals surface area contributed by atoms with E-state index in [0.29, 0.717) is 6.61 Å². The Morgan fingerprint density at radius 2 is 1.73 bits per heavy atom. The highest BCUT2D eigenvalue weighted by Crippen LogP contribution is 2.19. The average Bonchev–Trinajstić information content (AvgIpc) is 2.28. The Morgan fingerprint density at radius 1 is 1.20 bits per heavy atom. The summed E-state index contributed by atoms with van der Waals surface area (Å²) in [6, 6.07) is 0. The maximum atomic E-state index is 5.64. The summed E-state index contributed by atoms with van der Waals surface area (Å²) in [4.78, 5) is 0. The molecule has 5 heteroatoms. The zero-order valence-electron chi connectivity index (χ0n) is 10.1. The van der Waals surface area contributed by atoms with E-state index in [4.69, 9.17) is 18.0 Å². The van der Waals surface area contributed by atoms with Crippen molar-refractivity contribution < 1.29 is 18.0 Å². The average molecular weight is 234 g/mol. The molecule has 0 aromatic rings. The van der Waals surface area contributed by atoms with Crippen molar-refractivity contribution >= 4 is 8.80 Å². The van der Waals surface area contributed by atoms with Gasteiger partial charge in [0.25, 0.3) is 0 Å². The SMILES string of the molecule is C=CCOC(CCC)[Si](OC)(OC)OC. The van der Waals surface area contributed by atoms with Gasteiger partial charge in [0.1, 0.15) is 5.73 Å². The van der Waals surface area contributed by atoms with Crippen LogP contribution in [0.25, 0.3) is 0 Å². The third-order valence-electron chi connectivity index (χ3n) is 2.21. The van der Waals surface area contributed by atoms with E-state index in [9.17, 15) is 0 Å². The molecule has 0 saturated carbocycles. The van der Waals surface area contributed by atoms with Gasteiger partial charge in [-0.3, -0.25) is 0 Å². The molecule has 0 N–H and O–H groups in total. The van der Waals surface area contributed by atoms with Gasteiger partial charge in [-0.05, 0) is 6.42 Å². The lowest BCUT2D eigenvalue weighted by Crippen LogP contribution is -2.55. The van der Waals surface area contributed by atoms with Gasteiger partial charge in [-0.1, -0.05) is 19.4 Å². The topological polar surface area (TPSA) is 36.9 Å². The molecule has 0 amide bonds. The molecule has 15 heavy (non-hydrogen) atoms. The van der Waals surface area contributed by atoms with Crippen molar-refractivity contribution in [1.82, 2.24) is 0 Å². The van der Waals surface area contributed by atoms with Crippen LogP contribution < -0.4 is 0 Å². The Labute approximate surface area is 93.5 Å². The minimum absolute atomic E-state index is 0.125. The van der Waals surface area contributed by atoms with Crippen LogP contribution in [0.5, 0.6) is 0 Å². The molecule has 0 aliphatic rings. The van der Waals surface area contributed by atoms with Gasteiger partial charge < -0.3 is 18.0 Å². The summed E-state index contributed by atoms with van der Waals surface area (Å²) in [5.41, 5.74) is -0.125. The minimum atomic E-state index is -2.68. The van der Waals surface area contributed by atoms with Crippen molar-refractivity contribution in [2.45, 2.75) is 25.5 Å². The second kappa shape index (κ2) is 8.01. The fourth-order valence-electron chi connectivity index (χ4n) is 1.45. The Balaban J connectivity index is 4.57. The molecule has 0 spiro atoms. The van der Waals surface area contributed by atoms with Crippen molar-refractivity contribution in [1.29, 1.82) is 0 Å². The maximum absolute atomic E-state index is 5.64. The molecule has 4 nitrogen and oxygen atoms in total. The third kappa shape index (κ3) is 4.04. The zero-order chi connectivity index (χ0) is 11.7. The summed E-state index contributed by atoms with van der Waals surface area (Å²) in [5.74, 6) is 0. The Kier molecular flexibility index (Phi) is 7.90. The molecule has 0 heterocycles. The lowest BCUT2D eigenvalue weighted by atomic mass is 10.3. The van der Waals surface area contributed by atoms with E-state index in [0.717, 1.165) is 12.8 Å². The van der Waals surface area contributed by atoms with E-state index in [-0.39, 0.29) is 5.73 Å². The van der Waals surface area contributed by atoms with E-state index >= 15 is 0 Å². The largest absolute Gasteiger partial charge is 0.530 e. The number of hydrogen-bond donors (Lipinski definition) is 0. The van der Waals surface area contributed by atoms with Gasteiger partial charge in [-0.15, -0.1) is 6.58 Å². The first kappa shape index (κ1) is 14.8. The summed E-state index contributed by atoms with van der Waals surface area (Å²) >= 11 is 0. The van der Waals surface area contributed by atoms with Gasteiger partial charge in [-0.25, -0.2) is 0 Å². The van der Waals surface area contributed by atoms with Crippen LogP contribution in [0.2, 0.25) is 0 Å². The molecule has 0 radical (unpaired) electrons. The lowest BCUT2D eigenvalue weighted by Gasteiger charge is -2.31. The van der Waals surface area contributed by atoms with Gasteiger partial charge in [-0.2, -0.15) is 0 Å². The molecule has 0 aromatic carbocycles. The second-order valence-corrected chi connectivity index (χ2v) is 6.19. The maximum Gasteiger partial charge on any atom is 0.530 e. The molecule has 0 aliphatic carbocycles. The predicted octanol–water partition coefficient (Wildman–Crippen LogP) is 1.77. The summed E-state index contributed by atoms with van der Waals surface area (Å²) in [5, 5.41) is 0. The van der Waals surface area contributed by atoms with Gasteiger partial charge in [0.2, 0.25) is 0 Å². The first-order chi connectivity index (χ1) is 7.20. The molecule has 1 atom stereocenters. The van der Waals surface area contributed by atoms with Crippen LogP contribution in [-0.2, 0) is 18.0 Å². The predicted molar refractivity (Wildman–Crippen MR) is 61.6 cm³/mol. The van der Waals surface area contributed by atoms with Crippen LogP contribution in [0.3, 0.4) is 0 Å². The van der Waals surface area contributed by atoms with Gasteiger partial charge in [0, 0.05) is 21.3 Å². The number of ether oxygens (including phenoxy) is 1. The molecule has 0 rings (SSSR count). The summed E-state index contributed by atoms with van der Waals surface area (Å²) in [7, 11) is 2.11. The van der Waals surface area contributed by atoms with E-state index in [2.05, 4.69) is 13.5 Å². The Bertz CT molecular complexity index is 163. The van der Waals surface area contributed by atoms with Crippen LogP contribution in [0.4, 0.5) is 0 Å². The Hall–Kier alpha value is -0.203. The monoisotopic (exact) mass is 234 g/mol. The van der Waals surface area contributed by atoms with Crippen LogP contribution in [-0.4, -0.2) is 42.5 Å². The van der Waals surface area contributed by atoms with Crippen LogP contribution >= 0.6 is 0 Å². The first-order valence-electron chi connectivity index (χ1n) is 5.08. The van der Waals surface area contributed by atoms with Crippen LogP contribution in [0, 0.1) is 0 Å². The van der Waals surface area contributed by atoms with Crippen molar-refractivity contribution in [2.75, 3.05) is 27.9 Å². The molecular weight excluding hydrogens is 212 g/mol. The van der Waals surface area contributed by atoms with Crippen molar-refractivity contribution in [2.24, 2.45) is 0 Å². The fraction of sp³-hybridized carbons (Fsp3) is 0.800. The normalized spacial score (nSPS) is 13.9. The highest BCUT2D eigenvalue weighted by molar-refractivity contribution is 6.62. The summed E-state index contributed by atoms with van der Waals surface area (Å²) in [6.07, 6.45) is 3.56. The molecule has 0 aliphatic heterocycles. The zero-order valence-corrected chi connectivity index (χ0v) is 11.1. The van der Waals surface area contributed by atoms with E-state index in [1.54, 1.807) is 27.4 Å². The van der Waals surface area contributed by atoms with Crippen molar-refractivity contribution in [3.05, 3.63) is 12.7 Å². The highest BCUT2D eigenvalue weighted by Gasteiger charge is 2.47. The fourth-order valence-corrected chi connectivity index (χ4v) is 3.68. The smallest absolute Gasteiger partial charge is 0.375 e. The second-order valence-electron chi connectivity index (χ2n) is 3.12. The standard InChI is InChI=1S/C10H22O4Si/c1-6-8-10(14-9-7-2)15(11-3,12-4)13-5/h7,10H,2,6,8-9H2,1,3-5H3. The molecular formula is C10H22O4Si. The van der Waals surface area contributed by atoms with Gasteiger partial charge in [0.05, 0.1) is 6.61 Å². The quantitative estimate of drug-likeness (QED) is 0.450. The molecule has 0 fully saturated rings. The van der Waals surface area contributed by atoms with Gasteiger partial charge in [0.15, 0.2) is 0 Å². The number of rotatable bonds is 9.